The third-order valence-corrected chi connectivity index (χ3v) is 4.12. The fourth-order valence-electron chi connectivity index (χ4n) is 2.64. The molecule has 0 unspecified atom stereocenters. The zero-order valence-electron chi connectivity index (χ0n) is 12.7. The molecule has 5 N–H and O–H groups in total. The second-order valence-corrected chi connectivity index (χ2v) is 5.98. The number of primary amides is 1. The minimum Gasteiger partial charge on any atom is -0.370 e. The van der Waals surface area contributed by atoms with E-state index in [1.54, 1.807) is 0 Å². The Labute approximate surface area is 135 Å². The van der Waals surface area contributed by atoms with Crippen LogP contribution in [-0.4, -0.2) is 41.2 Å². The molecular weight excluding hydrogens is 308 g/mol. The molecule has 1 fully saturated rings. The van der Waals surface area contributed by atoms with Crippen molar-refractivity contribution in [3.05, 3.63) is 0 Å². The first kappa shape index (κ1) is 18.7. The summed E-state index contributed by atoms with van der Waals surface area (Å²) < 4.78 is 0. The summed E-state index contributed by atoms with van der Waals surface area (Å²) >= 11 is 5.49. The van der Waals surface area contributed by atoms with E-state index in [-0.39, 0.29) is 18.8 Å². The van der Waals surface area contributed by atoms with Crippen molar-refractivity contribution in [2.45, 2.75) is 51.0 Å². The summed E-state index contributed by atoms with van der Waals surface area (Å²) in [6.07, 6.45) is 6.32. The van der Waals surface area contributed by atoms with Gasteiger partial charge >= 0.3 is 0 Å². The van der Waals surface area contributed by atoms with Crippen molar-refractivity contribution in [2.24, 2.45) is 17.4 Å². The Hall–Kier alpha value is -1.34. The SMILES string of the molecule is NC(=O)CCN(NC(=O)[C@@H](N)CC1CCCCC1)C(=O)CCl. The molecule has 22 heavy (non-hydrogen) atoms. The predicted molar refractivity (Wildman–Crippen MR) is 83.6 cm³/mol. The van der Waals surface area contributed by atoms with Crippen molar-refractivity contribution in [2.75, 3.05) is 12.4 Å². The number of nitrogens with one attached hydrogen (secondary N) is 1. The summed E-state index contributed by atoms with van der Waals surface area (Å²) in [5.41, 5.74) is 13.4. The molecule has 8 heteroatoms. The lowest BCUT2D eigenvalue weighted by atomic mass is 9.85. The number of carbonyl (C=O) groups excluding carboxylic acids is 3. The normalized spacial score (nSPS) is 16.8. The van der Waals surface area contributed by atoms with Crippen molar-refractivity contribution >= 4 is 29.3 Å². The van der Waals surface area contributed by atoms with Crippen LogP contribution < -0.4 is 16.9 Å². The second-order valence-electron chi connectivity index (χ2n) is 5.72. The molecule has 0 saturated heterocycles. The molecule has 0 aromatic rings. The van der Waals surface area contributed by atoms with Crippen LogP contribution in [0.25, 0.3) is 0 Å². The molecule has 3 amide bonds. The molecule has 0 bridgehead atoms. The van der Waals surface area contributed by atoms with Crippen molar-refractivity contribution in [1.82, 2.24) is 10.4 Å². The minimum absolute atomic E-state index is 0.0111. The fraction of sp³-hybridized carbons (Fsp3) is 0.786. The highest BCUT2D eigenvalue weighted by molar-refractivity contribution is 6.27. The van der Waals surface area contributed by atoms with Crippen LogP contribution in [0.2, 0.25) is 0 Å². The quantitative estimate of drug-likeness (QED) is 0.457. The van der Waals surface area contributed by atoms with Crippen molar-refractivity contribution in [1.29, 1.82) is 0 Å². The monoisotopic (exact) mass is 332 g/mol. The third kappa shape index (κ3) is 6.62. The first-order valence-electron chi connectivity index (χ1n) is 7.64. The molecule has 1 aliphatic rings. The Balaban J connectivity index is 2.49. The van der Waals surface area contributed by atoms with E-state index in [0.717, 1.165) is 17.9 Å². The van der Waals surface area contributed by atoms with Gasteiger partial charge in [-0.2, -0.15) is 0 Å². The van der Waals surface area contributed by atoms with Gasteiger partial charge in [0.2, 0.25) is 5.91 Å². The Morgan fingerprint density at radius 3 is 2.41 bits per heavy atom. The van der Waals surface area contributed by atoms with Crippen LogP contribution >= 0.6 is 11.6 Å². The van der Waals surface area contributed by atoms with Gasteiger partial charge in [0.1, 0.15) is 5.88 Å². The van der Waals surface area contributed by atoms with Crippen molar-refractivity contribution in [3.8, 4) is 0 Å². The van der Waals surface area contributed by atoms with Gasteiger partial charge in [0.05, 0.1) is 12.6 Å². The van der Waals surface area contributed by atoms with Gasteiger partial charge < -0.3 is 11.5 Å². The Bertz CT molecular complexity index is 400. The fourth-order valence-corrected chi connectivity index (χ4v) is 2.79. The van der Waals surface area contributed by atoms with Crippen LogP contribution in [0.1, 0.15) is 44.9 Å². The molecule has 0 heterocycles. The Morgan fingerprint density at radius 2 is 1.86 bits per heavy atom. The highest BCUT2D eigenvalue weighted by Crippen LogP contribution is 2.26. The molecule has 1 rings (SSSR count). The number of hydrazine groups is 1. The summed E-state index contributed by atoms with van der Waals surface area (Å²) in [4.78, 5) is 34.6. The van der Waals surface area contributed by atoms with Crippen LogP contribution in [0.5, 0.6) is 0 Å². The van der Waals surface area contributed by atoms with Crippen LogP contribution in [-0.2, 0) is 14.4 Å². The van der Waals surface area contributed by atoms with E-state index >= 15 is 0 Å². The molecule has 0 aromatic heterocycles. The van der Waals surface area contributed by atoms with E-state index in [2.05, 4.69) is 5.43 Å². The van der Waals surface area contributed by atoms with E-state index in [9.17, 15) is 14.4 Å². The van der Waals surface area contributed by atoms with E-state index in [1.807, 2.05) is 0 Å². The predicted octanol–water partition coefficient (Wildman–Crippen LogP) is 0.258. The maximum Gasteiger partial charge on any atom is 0.255 e. The maximum atomic E-state index is 12.1. The van der Waals surface area contributed by atoms with Gasteiger partial charge in [-0.05, 0) is 12.3 Å². The van der Waals surface area contributed by atoms with Gasteiger partial charge in [-0.1, -0.05) is 32.1 Å². The van der Waals surface area contributed by atoms with E-state index in [1.165, 1.54) is 19.3 Å². The minimum atomic E-state index is -0.678. The van der Waals surface area contributed by atoms with E-state index in [4.69, 9.17) is 23.1 Å². The maximum absolute atomic E-state index is 12.1. The summed E-state index contributed by atoms with van der Waals surface area (Å²) in [5, 5.41) is 1.01. The Morgan fingerprint density at radius 1 is 1.23 bits per heavy atom. The van der Waals surface area contributed by atoms with Gasteiger partial charge in [0.15, 0.2) is 0 Å². The van der Waals surface area contributed by atoms with Gasteiger partial charge in [-0.25, -0.2) is 0 Å². The number of nitrogens with two attached hydrogens (primary N) is 2. The first-order chi connectivity index (χ1) is 10.4. The van der Waals surface area contributed by atoms with Gasteiger partial charge in [-0.15, -0.1) is 11.6 Å². The average molecular weight is 333 g/mol. The largest absolute Gasteiger partial charge is 0.370 e. The number of nitrogens with zero attached hydrogens (tertiary/aromatic N) is 1. The standard InChI is InChI=1S/C14H25ClN4O3/c15-9-13(21)19(7-6-12(17)20)18-14(22)11(16)8-10-4-2-1-3-5-10/h10-11H,1-9,16H2,(H2,17,20)(H,18,22)/t11-/m0/s1. The van der Waals surface area contributed by atoms with E-state index in [0.29, 0.717) is 12.3 Å². The van der Waals surface area contributed by atoms with Crippen molar-refractivity contribution in [3.63, 3.8) is 0 Å². The summed E-state index contributed by atoms with van der Waals surface area (Å²) in [5.74, 6) is -1.34. The summed E-state index contributed by atoms with van der Waals surface area (Å²) in [6.45, 7) is -0.0111. The zero-order valence-corrected chi connectivity index (χ0v) is 13.5. The Kier molecular flexibility index (Phi) is 8.19. The van der Waals surface area contributed by atoms with Gasteiger partial charge in [0, 0.05) is 6.42 Å². The number of halogens is 1. The molecule has 0 aromatic carbocycles. The number of hydrogen-bond donors (Lipinski definition) is 3. The number of amides is 3. The zero-order chi connectivity index (χ0) is 16.5. The molecule has 0 radical (unpaired) electrons. The van der Waals surface area contributed by atoms with E-state index < -0.39 is 23.8 Å². The van der Waals surface area contributed by atoms with Crippen LogP contribution in [0, 0.1) is 5.92 Å². The van der Waals surface area contributed by atoms with Crippen LogP contribution in [0.4, 0.5) is 0 Å². The third-order valence-electron chi connectivity index (χ3n) is 3.89. The number of hydrogen-bond acceptors (Lipinski definition) is 4. The highest BCUT2D eigenvalue weighted by atomic mass is 35.5. The highest BCUT2D eigenvalue weighted by Gasteiger charge is 2.24. The summed E-state index contributed by atoms with van der Waals surface area (Å²) in [6, 6.07) is -0.678. The molecular formula is C14H25ClN4O3. The molecule has 7 nitrogen and oxygen atoms in total. The second kappa shape index (κ2) is 9.63. The van der Waals surface area contributed by atoms with Crippen LogP contribution in [0.15, 0.2) is 0 Å². The van der Waals surface area contributed by atoms with Gasteiger partial charge in [-0.3, -0.25) is 24.8 Å². The lowest BCUT2D eigenvalue weighted by Crippen LogP contribution is -2.53. The summed E-state index contributed by atoms with van der Waals surface area (Å²) in [7, 11) is 0. The number of carbonyl (C=O) groups is 3. The molecule has 0 aliphatic heterocycles. The lowest BCUT2D eigenvalue weighted by molar-refractivity contribution is -0.140. The molecule has 0 spiro atoms. The molecule has 1 atom stereocenters. The number of alkyl halides is 1. The first-order valence-corrected chi connectivity index (χ1v) is 8.18. The smallest absolute Gasteiger partial charge is 0.255 e. The van der Waals surface area contributed by atoms with Crippen LogP contribution in [0.3, 0.4) is 0 Å². The topological polar surface area (TPSA) is 119 Å². The lowest BCUT2D eigenvalue weighted by Gasteiger charge is -2.27. The van der Waals surface area contributed by atoms with Gasteiger partial charge in [0.25, 0.3) is 11.8 Å². The molecule has 126 valence electrons. The van der Waals surface area contributed by atoms with Crippen molar-refractivity contribution < 1.29 is 14.4 Å². The number of rotatable bonds is 7. The molecule has 1 aliphatic carbocycles. The molecule has 1 saturated carbocycles. The average Bonchev–Trinajstić information content (AvgIpc) is 2.51.